The molecule has 2 unspecified atom stereocenters. The molecule has 1 saturated carbocycles. The lowest BCUT2D eigenvalue weighted by Crippen LogP contribution is -2.60. The summed E-state index contributed by atoms with van der Waals surface area (Å²) in [7, 11) is 0. The zero-order valence-electron chi connectivity index (χ0n) is 14.0. The minimum absolute atomic E-state index is 0.186. The summed E-state index contributed by atoms with van der Waals surface area (Å²) in [6, 6.07) is 0.322. The lowest BCUT2D eigenvalue weighted by molar-refractivity contribution is -0.187. The highest BCUT2D eigenvalue weighted by molar-refractivity contribution is 5.79. The number of aliphatic carboxylic acids is 1. The molecule has 2 aliphatic rings. The Bertz CT molecular complexity index is 392. The standard InChI is InChI=1S/C16H30N2O3/c1-6-17-16(13(19)20)8-7-12(9-16)18-10-14(2,3)21-15(4,5)11-18/h12,17H,6-11H2,1-5H3,(H,19,20). The molecule has 1 heterocycles. The molecule has 2 N–H and O–H groups in total. The van der Waals surface area contributed by atoms with Gasteiger partial charge in [-0.25, -0.2) is 0 Å². The zero-order chi connectivity index (χ0) is 15.9. The Morgan fingerprint density at radius 2 is 1.86 bits per heavy atom. The summed E-state index contributed by atoms with van der Waals surface area (Å²) in [4.78, 5) is 14.1. The van der Waals surface area contributed by atoms with Gasteiger partial charge in [-0.1, -0.05) is 6.92 Å². The van der Waals surface area contributed by atoms with Crippen molar-refractivity contribution < 1.29 is 14.6 Å². The summed E-state index contributed by atoms with van der Waals surface area (Å²) in [5.74, 6) is -0.710. The lowest BCUT2D eigenvalue weighted by Gasteiger charge is -2.49. The Balaban J connectivity index is 2.11. The fourth-order valence-electron chi connectivity index (χ4n) is 4.20. The molecule has 1 aliphatic heterocycles. The molecule has 5 nitrogen and oxygen atoms in total. The predicted molar refractivity (Wildman–Crippen MR) is 82.5 cm³/mol. The van der Waals surface area contributed by atoms with Crippen molar-refractivity contribution in [2.45, 2.75) is 76.7 Å². The molecule has 0 amide bonds. The van der Waals surface area contributed by atoms with Crippen LogP contribution in [0.15, 0.2) is 0 Å². The fourth-order valence-corrected chi connectivity index (χ4v) is 4.20. The first-order chi connectivity index (χ1) is 9.59. The number of morpholine rings is 1. The average molecular weight is 298 g/mol. The van der Waals surface area contributed by atoms with Crippen LogP contribution < -0.4 is 5.32 Å². The molecule has 0 spiro atoms. The van der Waals surface area contributed by atoms with Crippen molar-refractivity contribution in [2.24, 2.45) is 0 Å². The first-order valence-corrected chi connectivity index (χ1v) is 8.02. The molecule has 21 heavy (non-hydrogen) atoms. The first kappa shape index (κ1) is 16.7. The van der Waals surface area contributed by atoms with Gasteiger partial charge < -0.3 is 15.2 Å². The molecule has 122 valence electrons. The molecular weight excluding hydrogens is 268 g/mol. The van der Waals surface area contributed by atoms with Gasteiger partial charge in [0.25, 0.3) is 0 Å². The molecular formula is C16H30N2O3. The molecule has 2 atom stereocenters. The summed E-state index contributed by atoms with van der Waals surface area (Å²) < 4.78 is 6.12. The van der Waals surface area contributed by atoms with Crippen LogP contribution in [0.5, 0.6) is 0 Å². The smallest absolute Gasteiger partial charge is 0.323 e. The van der Waals surface area contributed by atoms with E-state index in [2.05, 4.69) is 37.9 Å². The minimum Gasteiger partial charge on any atom is -0.480 e. The Kier molecular flexibility index (Phi) is 4.40. The summed E-state index contributed by atoms with van der Waals surface area (Å²) in [6.07, 6.45) is 2.33. The average Bonchev–Trinajstić information content (AvgIpc) is 2.71. The lowest BCUT2D eigenvalue weighted by atomic mass is 9.94. The van der Waals surface area contributed by atoms with Gasteiger partial charge in [0, 0.05) is 19.1 Å². The predicted octanol–water partition coefficient (Wildman–Crippen LogP) is 1.86. The minimum atomic E-state index is -0.744. The van der Waals surface area contributed by atoms with E-state index in [4.69, 9.17) is 4.74 Å². The molecule has 2 rings (SSSR count). The van der Waals surface area contributed by atoms with Crippen LogP contribution in [0.2, 0.25) is 0 Å². The van der Waals surface area contributed by atoms with Gasteiger partial charge in [0.1, 0.15) is 5.54 Å². The van der Waals surface area contributed by atoms with Crippen molar-refractivity contribution in [2.75, 3.05) is 19.6 Å². The number of likely N-dealkylation sites (N-methyl/N-ethyl adjacent to an activating group) is 1. The van der Waals surface area contributed by atoms with Crippen molar-refractivity contribution in [1.82, 2.24) is 10.2 Å². The third kappa shape index (κ3) is 3.58. The van der Waals surface area contributed by atoms with Crippen LogP contribution in [0.4, 0.5) is 0 Å². The SMILES string of the molecule is CCNC1(C(=O)O)CCC(N2CC(C)(C)OC(C)(C)C2)C1. The molecule has 5 heteroatoms. The first-order valence-electron chi connectivity index (χ1n) is 8.02. The Morgan fingerprint density at radius 3 is 2.33 bits per heavy atom. The zero-order valence-corrected chi connectivity index (χ0v) is 14.0. The molecule has 0 aromatic rings. The van der Waals surface area contributed by atoms with Crippen molar-refractivity contribution in [3.05, 3.63) is 0 Å². The van der Waals surface area contributed by atoms with E-state index in [1.54, 1.807) is 0 Å². The fraction of sp³-hybridized carbons (Fsp3) is 0.938. The summed E-state index contributed by atoms with van der Waals surface area (Å²) >= 11 is 0. The highest BCUT2D eigenvalue weighted by Crippen LogP contribution is 2.37. The van der Waals surface area contributed by atoms with Crippen molar-refractivity contribution >= 4 is 5.97 Å². The van der Waals surface area contributed by atoms with Gasteiger partial charge in [0.05, 0.1) is 11.2 Å². The molecule has 1 aliphatic carbocycles. The molecule has 2 fully saturated rings. The van der Waals surface area contributed by atoms with Gasteiger partial charge in [0.15, 0.2) is 0 Å². The Morgan fingerprint density at radius 1 is 1.29 bits per heavy atom. The second-order valence-electron chi connectivity index (χ2n) is 7.84. The summed E-state index contributed by atoms with van der Waals surface area (Å²) in [6.45, 7) is 12.9. The van der Waals surface area contributed by atoms with E-state index in [9.17, 15) is 9.90 Å². The Labute approximate surface area is 128 Å². The van der Waals surface area contributed by atoms with Gasteiger partial charge in [-0.2, -0.15) is 0 Å². The van der Waals surface area contributed by atoms with Crippen LogP contribution in [-0.4, -0.2) is 58.4 Å². The number of carboxylic acids is 1. The van der Waals surface area contributed by atoms with Crippen LogP contribution in [0.1, 0.15) is 53.9 Å². The van der Waals surface area contributed by atoms with Crippen LogP contribution in [0, 0.1) is 0 Å². The maximum Gasteiger partial charge on any atom is 0.323 e. The number of carbonyl (C=O) groups is 1. The highest BCUT2D eigenvalue weighted by Gasteiger charge is 2.49. The number of hydrogen-bond acceptors (Lipinski definition) is 4. The topological polar surface area (TPSA) is 61.8 Å². The molecule has 0 aromatic heterocycles. The van der Waals surface area contributed by atoms with E-state index in [-0.39, 0.29) is 11.2 Å². The number of nitrogens with one attached hydrogen (secondary N) is 1. The molecule has 1 saturated heterocycles. The second kappa shape index (κ2) is 5.52. The van der Waals surface area contributed by atoms with Crippen LogP contribution in [0.3, 0.4) is 0 Å². The Hall–Kier alpha value is -0.650. The molecule has 0 bridgehead atoms. The van der Waals surface area contributed by atoms with Crippen molar-refractivity contribution in [1.29, 1.82) is 0 Å². The molecule has 0 radical (unpaired) electrons. The van der Waals surface area contributed by atoms with E-state index in [0.717, 1.165) is 19.5 Å². The van der Waals surface area contributed by atoms with E-state index >= 15 is 0 Å². The quantitative estimate of drug-likeness (QED) is 0.829. The van der Waals surface area contributed by atoms with E-state index in [1.165, 1.54) is 0 Å². The highest BCUT2D eigenvalue weighted by atomic mass is 16.5. The number of ether oxygens (including phenoxy) is 1. The summed E-state index contributed by atoms with van der Waals surface area (Å²) in [5.41, 5.74) is -1.12. The van der Waals surface area contributed by atoms with E-state index in [1.807, 2.05) is 6.92 Å². The van der Waals surface area contributed by atoms with Crippen LogP contribution >= 0.6 is 0 Å². The van der Waals surface area contributed by atoms with Gasteiger partial charge in [-0.05, 0) is 53.5 Å². The van der Waals surface area contributed by atoms with Gasteiger partial charge in [0.2, 0.25) is 0 Å². The van der Waals surface area contributed by atoms with E-state index < -0.39 is 11.5 Å². The monoisotopic (exact) mass is 298 g/mol. The van der Waals surface area contributed by atoms with Crippen molar-refractivity contribution in [3.63, 3.8) is 0 Å². The second-order valence-corrected chi connectivity index (χ2v) is 7.84. The number of nitrogens with zero attached hydrogens (tertiary/aromatic N) is 1. The third-order valence-corrected chi connectivity index (χ3v) is 4.65. The molecule has 0 aromatic carbocycles. The third-order valence-electron chi connectivity index (χ3n) is 4.65. The van der Waals surface area contributed by atoms with Gasteiger partial charge in [-0.3, -0.25) is 9.69 Å². The van der Waals surface area contributed by atoms with Gasteiger partial charge in [-0.15, -0.1) is 0 Å². The van der Waals surface area contributed by atoms with E-state index in [0.29, 0.717) is 25.4 Å². The van der Waals surface area contributed by atoms with Crippen LogP contribution in [0.25, 0.3) is 0 Å². The maximum absolute atomic E-state index is 11.7. The number of carboxylic acid groups (broad SMARTS) is 1. The normalized spacial score (nSPS) is 35.8. The van der Waals surface area contributed by atoms with Crippen molar-refractivity contribution in [3.8, 4) is 0 Å². The number of hydrogen-bond donors (Lipinski definition) is 2. The summed E-state index contributed by atoms with van der Waals surface area (Å²) in [5, 5.41) is 12.8. The van der Waals surface area contributed by atoms with Crippen LogP contribution in [-0.2, 0) is 9.53 Å². The number of rotatable bonds is 4. The largest absolute Gasteiger partial charge is 0.480 e. The van der Waals surface area contributed by atoms with Gasteiger partial charge >= 0.3 is 5.97 Å². The maximum atomic E-state index is 11.7.